The fourth-order valence-electron chi connectivity index (χ4n) is 2.50. The highest BCUT2D eigenvalue weighted by molar-refractivity contribution is 5.83. The third-order valence-corrected chi connectivity index (χ3v) is 3.52. The number of hydrogen-bond acceptors (Lipinski definition) is 3. The molecule has 2 heterocycles. The maximum Gasteiger partial charge on any atom is 0.138 e. The van der Waals surface area contributed by atoms with Crippen LogP contribution in [0.4, 0.5) is 0 Å². The molecule has 0 aliphatic carbocycles. The van der Waals surface area contributed by atoms with Crippen LogP contribution in [0.5, 0.6) is 0 Å². The van der Waals surface area contributed by atoms with Crippen LogP contribution in [0, 0.1) is 5.92 Å². The molecule has 1 aliphatic heterocycles. The van der Waals surface area contributed by atoms with Gasteiger partial charge in [0.25, 0.3) is 0 Å². The Morgan fingerprint density at radius 2 is 2.22 bits per heavy atom. The zero-order chi connectivity index (χ0) is 12.4. The Labute approximate surface area is 106 Å². The molecule has 1 saturated heterocycles. The molecular formula is C15H16N2O. The molecule has 1 aromatic heterocycles. The van der Waals surface area contributed by atoms with E-state index in [0.717, 1.165) is 36.0 Å². The van der Waals surface area contributed by atoms with E-state index in [1.54, 1.807) is 0 Å². The normalized spacial score (nSPS) is 20.2. The molecule has 1 aromatic carbocycles. The molecule has 1 atom stereocenters. The number of piperidine rings is 1. The van der Waals surface area contributed by atoms with E-state index >= 15 is 0 Å². The molecule has 0 radical (unpaired) electrons. The third kappa shape index (κ3) is 2.27. The first kappa shape index (κ1) is 11.4. The summed E-state index contributed by atoms with van der Waals surface area (Å²) in [4.78, 5) is 16.2. The van der Waals surface area contributed by atoms with Crippen LogP contribution in [-0.4, -0.2) is 23.9 Å². The molecule has 3 nitrogen and oxygen atoms in total. The average Bonchev–Trinajstić information content (AvgIpc) is 2.41. The number of carbonyl (C=O) groups excluding carboxylic acids is 1. The number of carbonyl (C=O) groups is 1. The van der Waals surface area contributed by atoms with E-state index in [1.807, 2.05) is 24.4 Å². The Morgan fingerprint density at radius 3 is 3.11 bits per heavy atom. The predicted molar refractivity (Wildman–Crippen MR) is 71.4 cm³/mol. The Hall–Kier alpha value is -1.74. The summed E-state index contributed by atoms with van der Waals surface area (Å²) in [6.07, 6.45) is 3.35. The Kier molecular flexibility index (Phi) is 3.07. The standard InChI is InChI=1S/C15H16N2O/c18-15-5-6-16-10-13(15)8-11-7-12-3-1-2-4-14(12)17-9-11/h1-4,7,9,13,16H,5-6,8,10H2. The minimum Gasteiger partial charge on any atom is -0.316 e. The molecule has 0 saturated carbocycles. The van der Waals surface area contributed by atoms with Gasteiger partial charge in [-0.05, 0) is 24.1 Å². The van der Waals surface area contributed by atoms with Gasteiger partial charge in [-0.2, -0.15) is 0 Å². The highest BCUT2D eigenvalue weighted by atomic mass is 16.1. The van der Waals surface area contributed by atoms with Crippen molar-refractivity contribution in [1.29, 1.82) is 0 Å². The highest BCUT2D eigenvalue weighted by Crippen LogP contribution is 2.17. The lowest BCUT2D eigenvalue weighted by Gasteiger charge is -2.21. The second kappa shape index (κ2) is 4.86. The topological polar surface area (TPSA) is 42.0 Å². The summed E-state index contributed by atoms with van der Waals surface area (Å²) in [6.45, 7) is 1.62. The Balaban J connectivity index is 1.83. The van der Waals surface area contributed by atoms with Gasteiger partial charge < -0.3 is 5.32 Å². The van der Waals surface area contributed by atoms with Crippen LogP contribution in [0.1, 0.15) is 12.0 Å². The minimum atomic E-state index is 0.113. The van der Waals surface area contributed by atoms with E-state index < -0.39 is 0 Å². The molecule has 3 heteroatoms. The monoisotopic (exact) mass is 240 g/mol. The third-order valence-electron chi connectivity index (χ3n) is 3.52. The van der Waals surface area contributed by atoms with E-state index in [1.165, 1.54) is 0 Å². The lowest BCUT2D eigenvalue weighted by Crippen LogP contribution is -2.37. The summed E-state index contributed by atoms with van der Waals surface area (Å²) in [6, 6.07) is 10.2. The van der Waals surface area contributed by atoms with Crippen molar-refractivity contribution in [3.63, 3.8) is 0 Å². The summed E-state index contributed by atoms with van der Waals surface area (Å²) in [5, 5.41) is 4.43. The number of ketones is 1. The van der Waals surface area contributed by atoms with Gasteiger partial charge in [0.1, 0.15) is 5.78 Å². The number of Topliss-reactive ketones (excluding diaryl/α,β-unsaturated/α-hetero) is 1. The van der Waals surface area contributed by atoms with Crippen molar-refractivity contribution in [1.82, 2.24) is 10.3 Å². The number of rotatable bonds is 2. The van der Waals surface area contributed by atoms with Crippen molar-refractivity contribution in [2.75, 3.05) is 13.1 Å². The predicted octanol–water partition coefficient (Wildman–Crippen LogP) is 1.96. The SMILES string of the molecule is O=C1CCNCC1Cc1cnc2ccccc2c1. The fourth-order valence-corrected chi connectivity index (χ4v) is 2.50. The molecule has 1 N–H and O–H groups in total. The van der Waals surface area contributed by atoms with E-state index in [4.69, 9.17) is 0 Å². The van der Waals surface area contributed by atoms with Gasteiger partial charge in [-0.25, -0.2) is 0 Å². The zero-order valence-electron chi connectivity index (χ0n) is 10.2. The van der Waals surface area contributed by atoms with Crippen molar-refractivity contribution in [2.24, 2.45) is 5.92 Å². The maximum absolute atomic E-state index is 11.8. The number of hydrogen-bond donors (Lipinski definition) is 1. The number of pyridine rings is 1. The average molecular weight is 240 g/mol. The molecule has 1 fully saturated rings. The second-order valence-electron chi connectivity index (χ2n) is 4.86. The summed E-state index contributed by atoms with van der Waals surface area (Å²) in [7, 11) is 0. The largest absolute Gasteiger partial charge is 0.316 e. The molecule has 92 valence electrons. The van der Waals surface area contributed by atoms with Gasteiger partial charge in [-0.1, -0.05) is 18.2 Å². The maximum atomic E-state index is 11.8. The van der Waals surface area contributed by atoms with E-state index in [-0.39, 0.29) is 5.92 Å². The van der Waals surface area contributed by atoms with Gasteiger partial charge >= 0.3 is 0 Å². The van der Waals surface area contributed by atoms with Crippen molar-refractivity contribution in [2.45, 2.75) is 12.8 Å². The number of nitrogens with zero attached hydrogens (tertiary/aromatic N) is 1. The zero-order valence-corrected chi connectivity index (χ0v) is 10.2. The van der Waals surface area contributed by atoms with Gasteiger partial charge in [0, 0.05) is 37.0 Å². The first-order chi connectivity index (χ1) is 8.83. The van der Waals surface area contributed by atoms with Crippen LogP contribution in [0.2, 0.25) is 0 Å². The fraction of sp³-hybridized carbons (Fsp3) is 0.333. The van der Waals surface area contributed by atoms with E-state index in [0.29, 0.717) is 12.2 Å². The number of benzene rings is 1. The first-order valence-corrected chi connectivity index (χ1v) is 6.40. The molecule has 18 heavy (non-hydrogen) atoms. The molecule has 2 aromatic rings. The summed E-state index contributed by atoms with van der Waals surface area (Å²) in [5.41, 5.74) is 2.16. The lowest BCUT2D eigenvalue weighted by atomic mass is 9.91. The van der Waals surface area contributed by atoms with E-state index in [9.17, 15) is 4.79 Å². The quantitative estimate of drug-likeness (QED) is 0.872. The molecular weight excluding hydrogens is 224 g/mol. The molecule has 0 bridgehead atoms. The molecule has 0 amide bonds. The Bertz CT molecular complexity index is 579. The van der Waals surface area contributed by atoms with Crippen molar-refractivity contribution in [3.05, 3.63) is 42.1 Å². The van der Waals surface area contributed by atoms with Crippen molar-refractivity contribution >= 4 is 16.7 Å². The van der Waals surface area contributed by atoms with Gasteiger partial charge in [-0.3, -0.25) is 9.78 Å². The molecule has 1 aliphatic rings. The van der Waals surface area contributed by atoms with Crippen LogP contribution in [-0.2, 0) is 11.2 Å². The van der Waals surface area contributed by atoms with Crippen LogP contribution >= 0.6 is 0 Å². The highest BCUT2D eigenvalue weighted by Gasteiger charge is 2.22. The number of fused-ring (bicyclic) bond motifs is 1. The number of aromatic nitrogens is 1. The Morgan fingerprint density at radius 1 is 1.33 bits per heavy atom. The van der Waals surface area contributed by atoms with Crippen LogP contribution in [0.15, 0.2) is 36.5 Å². The smallest absolute Gasteiger partial charge is 0.138 e. The van der Waals surface area contributed by atoms with Gasteiger partial charge in [0.2, 0.25) is 0 Å². The number of nitrogens with one attached hydrogen (secondary N) is 1. The van der Waals surface area contributed by atoms with Crippen LogP contribution in [0.3, 0.4) is 0 Å². The summed E-state index contributed by atoms with van der Waals surface area (Å²) in [5.74, 6) is 0.489. The van der Waals surface area contributed by atoms with Crippen molar-refractivity contribution in [3.8, 4) is 0 Å². The summed E-state index contributed by atoms with van der Waals surface area (Å²) >= 11 is 0. The van der Waals surface area contributed by atoms with Gasteiger partial charge in [0.05, 0.1) is 5.52 Å². The number of para-hydroxylation sites is 1. The van der Waals surface area contributed by atoms with Gasteiger partial charge in [-0.15, -0.1) is 0 Å². The molecule has 1 unspecified atom stereocenters. The van der Waals surface area contributed by atoms with Crippen molar-refractivity contribution < 1.29 is 4.79 Å². The van der Waals surface area contributed by atoms with E-state index in [2.05, 4.69) is 22.4 Å². The summed E-state index contributed by atoms with van der Waals surface area (Å²) < 4.78 is 0. The minimum absolute atomic E-state index is 0.113. The van der Waals surface area contributed by atoms with Crippen LogP contribution < -0.4 is 5.32 Å². The molecule has 3 rings (SSSR count). The van der Waals surface area contributed by atoms with Gasteiger partial charge in [0.15, 0.2) is 0 Å². The second-order valence-corrected chi connectivity index (χ2v) is 4.86. The molecule has 0 spiro atoms. The lowest BCUT2D eigenvalue weighted by molar-refractivity contribution is -0.123. The first-order valence-electron chi connectivity index (χ1n) is 6.40. The van der Waals surface area contributed by atoms with Crippen LogP contribution in [0.25, 0.3) is 10.9 Å².